The minimum absolute atomic E-state index is 0.0127. The average Bonchev–Trinajstić information content (AvgIpc) is 3.36. The molecule has 0 fully saturated rings. The van der Waals surface area contributed by atoms with Crippen LogP contribution in [0.15, 0.2) is 42.7 Å². The van der Waals surface area contributed by atoms with Crippen LogP contribution in [0.25, 0.3) is 0 Å². The summed E-state index contributed by atoms with van der Waals surface area (Å²) in [5.74, 6) is -0.604. The summed E-state index contributed by atoms with van der Waals surface area (Å²) >= 11 is 0. The maximum absolute atomic E-state index is 13.6. The summed E-state index contributed by atoms with van der Waals surface area (Å²) in [6.45, 7) is 6.51. The Balaban J connectivity index is 1.63. The highest BCUT2D eigenvalue weighted by Crippen LogP contribution is 2.21. The van der Waals surface area contributed by atoms with E-state index in [1.807, 2.05) is 44.2 Å². The second kappa shape index (κ2) is 13.8. The fourth-order valence-electron chi connectivity index (χ4n) is 4.75. The highest BCUT2D eigenvalue weighted by atomic mass is 16.5. The number of hydrogen-bond acceptors (Lipinski definition) is 9. The maximum atomic E-state index is 13.6. The molecule has 4 rings (SSSR count). The first kappa shape index (κ1) is 30.3. The summed E-state index contributed by atoms with van der Waals surface area (Å²) in [4.78, 5) is 66.1. The van der Waals surface area contributed by atoms with Gasteiger partial charge < -0.3 is 20.3 Å². The van der Waals surface area contributed by atoms with E-state index in [1.54, 1.807) is 16.5 Å². The van der Waals surface area contributed by atoms with Gasteiger partial charge in [-0.05, 0) is 24.8 Å². The summed E-state index contributed by atoms with van der Waals surface area (Å²) in [6, 6.07) is 8.20. The van der Waals surface area contributed by atoms with Gasteiger partial charge in [0, 0.05) is 25.9 Å². The predicted octanol–water partition coefficient (Wildman–Crippen LogP) is 1.64. The number of nitrogens with one attached hydrogen (secondary N) is 2. The van der Waals surface area contributed by atoms with Gasteiger partial charge in [0.05, 0.1) is 32.1 Å². The minimum atomic E-state index is -0.803. The lowest BCUT2D eigenvalue weighted by Crippen LogP contribution is -2.50. The number of methoxy groups -OCH3 is 1. The summed E-state index contributed by atoms with van der Waals surface area (Å²) in [5, 5.41) is 10.5. The third kappa shape index (κ3) is 7.53. The summed E-state index contributed by atoms with van der Waals surface area (Å²) in [6.07, 6.45) is 3.20. The molecule has 13 nitrogen and oxygen atoms in total. The number of esters is 1. The van der Waals surface area contributed by atoms with Gasteiger partial charge in [-0.1, -0.05) is 44.2 Å². The van der Waals surface area contributed by atoms with Gasteiger partial charge in [0.15, 0.2) is 5.69 Å². The molecule has 0 spiro atoms. The first-order valence-corrected chi connectivity index (χ1v) is 13.9. The van der Waals surface area contributed by atoms with Gasteiger partial charge in [0.2, 0.25) is 11.8 Å². The van der Waals surface area contributed by atoms with Crippen molar-refractivity contribution in [3.63, 3.8) is 0 Å². The lowest BCUT2D eigenvalue weighted by atomic mass is 10.0. The van der Waals surface area contributed by atoms with Crippen LogP contribution in [0.2, 0.25) is 0 Å². The van der Waals surface area contributed by atoms with Gasteiger partial charge in [0.25, 0.3) is 5.91 Å². The summed E-state index contributed by atoms with van der Waals surface area (Å²) in [7, 11) is 1.24. The number of hydrogen-bond donors (Lipinski definition) is 2. The Kier molecular flexibility index (Phi) is 9.94. The minimum Gasteiger partial charge on any atom is -0.464 e. The number of rotatable bonds is 5. The van der Waals surface area contributed by atoms with Crippen LogP contribution in [0.5, 0.6) is 0 Å². The zero-order valence-electron chi connectivity index (χ0n) is 24.2. The molecular weight excluding hydrogens is 540 g/mol. The first-order chi connectivity index (χ1) is 20.2. The van der Waals surface area contributed by atoms with E-state index in [9.17, 15) is 19.2 Å². The van der Waals surface area contributed by atoms with Gasteiger partial charge in [-0.2, -0.15) is 5.10 Å². The summed E-state index contributed by atoms with van der Waals surface area (Å²) in [5.41, 5.74) is 0.954. The van der Waals surface area contributed by atoms with Crippen molar-refractivity contribution in [2.24, 2.45) is 5.92 Å². The van der Waals surface area contributed by atoms with Crippen LogP contribution < -0.4 is 10.6 Å². The Morgan fingerprint density at radius 1 is 1.02 bits per heavy atom. The van der Waals surface area contributed by atoms with Crippen LogP contribution in [0.1, 0.15) is 70.9 Å². The fraction of sp³-hybridized carbons (Fsp3) is 0.448. The number of benzene rings is 1. The number of aryl methyl sites for hydroxylation is 1. The molecule has 1 aliphatic heterocycles. The van der Waals surface area contributed by atoms with Crippen molar-refractivity contribution in [1.29, 1.82) is 0 Å². The Morgan fingerprint density at radius 2 is 1.74 bits per heavy atom. The van der Waals surface area contributed by atoms with E-state index in [1.165, 1.54) is 19.5 Å². The van der Waals surface area contributed by atoms with E-state index in [0.717, 1.165) is 5.56 Å². The van der Waals surface area contributed by atoms with Crippen LogP contribution >= 0.6 is 0 Å². The number of ether oxygens (including phenoxy) is 1. The van der Waals surface area contributed by atoms with Crippen LogP contribution in [0.3, 0.4) is 0 Å². The van der Waals surface area contributed by atoms with Gasteiger partial charge >= 0.3 is 5.97 Å². The van der Waals surface area contributed by atoms with Gasteiger partial charge in [-0.15, -0.1) is 0 Å². The molecule has 222 valence electrons. The lowest BCUT2D eigenvalue weighted by Gasteiger charge is -2.28. The molecule has 2 N–H and O–H groups in total. The zero-order valence-corrected chi connectivity index (χ0v) is 24.2. The van der Waals surface area contributed by atoms with E-state index in [0.29, 0.717) is 31.0 Å². The van der Waals surface area contributed by atoms with E-state index in [-0.39, 0.29) is 48.6 Å². The molecule has 2 aromatic heterocycles. The molecule has 42 heavy (non-hydrogen) atoms. The Hall–Kier alpha value is -4.68. The molecule has 0 aliphatic carbocycles. The van der Waals surface area contributed by atoms with Crippen molar-refractivity contribution in [2.45, 2.75) is 58.7 Å². The fourth-order valence-corrected chi connectivity index (χ4v) is 4.75. The molecular formula is C29H36N8O5. The number of amides is 3. The molecule has 0 radical (unpaired) electrons. The number of nitrogens with zero attached hydrogens (tertiary/aromatic N) is 6. The standard InChI is InChI=1S/C29H36N8O5/c1-18(2)25-26-32-19(3)35-37(26)14-13-36(28(40)22-16-31-23(17-30-22)29(41)42-4)12-8-11-24(38)33-21(27(39)34-25)15-20-9-6-5-7-10-20/h5-7,9-10,16-18,21,25H,8,11-15H2,1-4H3,(H,33,38)(H,34,39)/t21-,25?/m0/s1. The summed E-state index contributed by atoms with van der Waals surface area (Å²) < 4.78 is 6.36. The molecule has 3 heterocycles. The number of fused-ring (bicyclic) bond motifs is 1. The zero-order chi connectivity index (χ0) is 30.2. The Bertz CT molecular complexity index is 1410. The smallest absolute Gasteiger partial charge is 0.358 e. The normalized spacial score (nSPS) is 18.5. The van der Waals surface area contributed by atoms with Crippen LogP contribution in [0.4, 0.5) is 0 Å². The molecule has 3 aromatic rings. The van der Waals surface area contributed by atoms with Crippen molar-refractivity contribution >= 4 is 23.7 Å². The maximum Gasteiger partial charge on any atom is 0.358 e. The van der Waals surface area contributed by atoms with E-state index >= 15 is 0 Å². The van der Waals surface area contributed by atoms with Gasteiger partial charge in [-0.3, -0.25) is 14.4 Å². The quantitative estimate of drug-likeness (QED) is 0.430. The lowest BCUT2D eigenvalue weighted by molar-refractivity contribution is -0.129. The van der Waals surface area contributed by atoms with Crippen LogP contribution in [-0.4, -0.2) is 79.6 Å². The Morgan fingerprint density at radius 3 is 2.40 bits per heavy atom. The molecule has 1 aromatic carbocycles. The number of aromatic nitrogens is 5. The molecule has 3 amide bonds. The third-order valence-corrected chi connectivity index (χ3v) is 6.95. The molecule has 1 aliphatic rings. The molecule has 2 atom stereocenters. The second-order valence-corrected chi connectivity index (χ2v) is 10.5. The molecule has 13 heteroatoms. The van der Waals surface area contributed by atoms with Crippen molar-refractivity contribution in [1.82, 2.24) is 40.3 Å². The Labute approximate surface area is 244 Å². The van der Waals surface area contributed by atoms with Crippen molar-refractivity contribution in [2.75, 3.05) is 20.2 Å². The predicted molar refractivity (Wildman–Crippen MR) is 151 cm³/mol. The molecule has 0 bridgehead atoms. The van der Waals surface area contributed by atoms with Crippen molar-refractivity contribution < 1.29 is 23.9 Å². The van der Waals surface area contributed by atoms with E-state index < -0.39 is 24.0 Å². The average molecular weight is 577 g/mol. The monoisotopic (exact) mass is 576 g/mol. The molecule has 0 saturated heterocycles. The van der Waals surface area contributed by atoms with Gasteiger partial charge in [0.1, 0.15) is 23.4 Å². The highest BCUT2D eigenvalue weighted by molar-refractivity contribution is 5.93. The molecule has 0 saturated carbocycles. The molecule has 1 unspecified atom stereocenters. The number of carbonyl (C=O) groups is 4. The van der Waals surface area contributed by atoms with Crippen molar-refractivity contribution in [3.05, 3.63) is 71.3 Å². The van der Waals surface area contributed by atoms with E-state index in [2.05, 4.69) is 35.4 Å². The topological polar surface area (TPSA) is 161 Å². The number of carbonyl (C=O) groups excluding carboxylic acids is 4. The highest BCUT2D eigenvalue weighted by Gasteiger charge is 2.30. The largest absolute Gasteiger partial charge is 0.464 e. The van der Waals surface area contributed by atoms with Crippen LogP contribution in [-0.2, 0) is 27.3 Å². The second-order valence-electron chi connectivity index (χ2n) is 10.5. The third-order valence-electron chi connectivity index (χ3n) is 6.95. The SMILES string of the molecule is COC(=O)c1cnc(C(=O)N2CCCC(=O)N[C@@H](Cc3ccccc3)C(=O)NC(C(C)C)c3nc(C)nn3CC2)cn1. The van der Waals surface area contributed by atoms with Crippen molar-refractivity contribution in [3.8, 4) is 0 Å². The first-order valence-electron chi connectivity index (χ1n) is 13.9. The van der Waals surface area contributed by atoms with E-state index in [4.69, 9.17) is 0 Å². The van der Waals surface area contributed by atoms with Crippen LogP contribution in [0, 0.1) is 12.8 Å². The van der Waals surface area contributed by atoms with Gasteiger partial charge in [-0.25, -0.2) is 24.4 Å².